The molecule has 2 rings (SSSR count). The predicted octanol–water partition coefficient (Wildman–Crippen LogP) is 4.23. The Labute approximate surface area is 125 Å². The number of rotatable bonds is 6. The van der Waals surface area contributed by atoms with Crippen LogP contribution in [0.2, 0.25) is 0 Å². The second kappa shape index (κ2) is 6.72. The van der Waals surface area contributed by atoms with Crippen LogP contribution in [-0.4, -0.2) is 6.61 Å². The van der Waals surface area contributed by atoms with Gasteiger partial charge in [0.05, 0.1) is 12.1 Å². The maximum atomic E-state index is 14.2. The minimum absolute atomic E-state index is 0.285. The van der Waals surface area contributed by atoms with Crippen molar-refractivity contribution in [2.45, 2.75) is 32.2 Å². The van der Waals surface area contributed by atoms with Crippen LogP contribution >= 0.6 is 0 Å². The van der Waals surface area contributed by atoms with E-state index in [4.69, 9.17) is 10.5 Å². The summed E-state index contributed by atoms with van der Waals surface area (Å²) in [6, 6.07) is 14.3. The molecule has 21 heavy (non-hydrogen) atoms. The van der Waals surface area contributed by atoms with Gasteiger partial charge in [-0.2, -0.15) is 0 Å². The van der Waals surface area contributed by atoms with E-state index in [1.165, 1.54) is 6.07 Å². The minimum atomic E-state index is -0.893. The first-order valence-corrected chi connectivity index (χ1v) is 7.39. The molecule has 3 heteroatoms. The first-order chi connectivity index (χ1) is 10.1. The summed E-state index contributed by atoms with van der Waals surface area (Å²) in [5, 5.41) is 0. The summed E-state index contributed by atoms with van der Waals surface area (Å²) in [6.45, 7) is 4.63. The summed E-state index contributed by atoms with van der Waals surface area (Å²) in [5.41, 5.74) is 7.03. The zero-order valence-corrected chi connectivity index (χ0v) is 12.6. The summed E-state index contributed by atoms with van der Waals surface area (Å²) >= 11 is 0. The average Bonchev–Trinajstić information content (AvgIpc) is 2.53. The van der Waals surface area contributed by atoms with Gasteiger partial charge in [0.15, 0.2) is 0 Å². The number of halogens is 1. The van der Waals surface area contributed by atoms with Crippen LogP contribution in [-0.2, 0) is 5.54 Å². The van der Waals surface area contributed by atoms with Gasteiger partial charge in [-0.15, -0.1) is 0 Å². The number of para-hydroxylation sites is 1. The number of hydrogen-bond acceptors (Lipinski definition) is 2. The van der Waals surface area contributed by atoms with E-state index in [2.05, 4.69) is 6.92 Å². The Bertz CT molecular complexity index is 599. The van der Waals surface area contributed by atoms with Gasteiger partial charge in [0.25, 0.3) is 0 Å². The Kier molecular flexibility index (Phi) is 4.97. The largest absolute Gasteiger partial charge is 0.493 e. The highest BCUT2D eigenvalue weighted by molar-refractivity contribution is 5.46. The highest BCUT2D eigenvalue weighted by atomic mass is 19.1. The number of hydrogen-bond donors (Lipinski definition) is 1. The van der Waals surface area contributed by atoms with Gasteiger partial charge >= 0.3 is 0 Å². The molecule has 1 unspecified atom stereocenters. The van der Waals surface area contributed by atoms with Crippen LogP contribution in [0.5, 0.6) is 5.75 Å². The summed E-state index contributed by atoms with van der Waals surface area (Å²) in [7, 11) is 0. The molecule has 0 fully saturated rings. The summed E-state index contributed by atoms with van der Waals surface area (Å²) in [4.78, 5) is 0. The first-order valence-electron chi connectivity index (χ1n) is 7.39. The second-order valence-corrected chi connectivity index (χ2v) is 5.15. The smallest absolute Gasteiger partial charge is 0.128 e. The van der Waals surface area contributed by atoms with Crippen molar-refractivity contribution in [3.63, 3.8) is 0 Å². The second-order valence-electron chi connectivity index (χ2n) is 5.15. The molecule has 0 radical (unpaired) electrons. The molecule has 0 amide bonds. The zero-order chi connectivity index (χ0) is 15.3. The van der Waals surface area contributed by atoms with Gasteiger partial charge < -0.3 is 10.5 Å². The van der Waals surface area contributed by atoms with Crippen LogP contribution in [0.1, 0.15) is 37.8 Å². The van der Waals surface area contributed by atoms with Crippen LogP contribution in [0, 0.1) is 5.82 Å². The van der Waals surface area contributed by atoms with Gasteiger partial charge in [0, 0.05) is 11.1 Å². The number of benzene rings is 2. The van der Waals surface area contributed by atoms with E-state index < -0.39 is 5.54 Å². The molecule has 0 saturated heterocycles. The van der Waals surface area contributed by atoms with Crippen molar-refractivity contribution < 1.29 is 9.13 Å². The van der Waals surface area contributed by atoms with E-state index in [1.807, 2.05) is 37.3 Å². The van der Waals surface area contributed by atoms with Gasteiger partial charge in [0.2, 0.25) is 0 Å². The molecule has 2 nitrogen and oxygen atoms in total. The Morgan fingerprint density at radius 1 is 1.00 bits per heavy atom. The Morgan fingerprint density at radius 3 is 2.24 bits per heavy atom. The van der Waals surface area contributed by atoms with Gasteiger partial charge in [-0.25, -0.2) is 4.39 Å². The molecule has 0 spiro atoms. The number of nitrogens with two attached hydrogens (primary N) is 1. The van der Waals surface area contributed by atoms with Crippen LogP contribution in [0.3, 0.4) is 0 Å². The third-order valence-electron chi connectivity index (χ3n) is 3.74. The van der Waals surface area contributed by atoms with Crippen LogP contribution in [0.25, 0.3) is 0 Å². The Hall–Kier alpha value is -1.87. The molecule has 0 aliphatic rings. The Balaban J connectivity index is 2.53. The molecule has 0 aromatic heterocycles. The van der Waals surface area contributed by atoms with Crippen LogP contribution in [0.15, 0.2) is 48.5 Å². The molecule has 2 aromatic carbocycles. The lowest BCUT2D eigenvalue weighted by molar-refractivity contribution is 0.306. The van der Waals surface area contributed by atoms with E-state index in [-0.39, 0.29) is 5.82 Å². The fourth-order valence-electron chi connectivity index (χ4n) is 2.52. The fourth-order valence-corrected chi connectivity index (χ4v) is 2.52. The Morgan fingerprint density at radius 2 is 1.62 bits per heavy atom. The molecular formula is C18H22FNO. The molecule has 0 heterocycles. The van der Waals surface area contributed by atoms with E-state index in [1.54, 1.807) is 12.1 Å². The lowest BCUT2D eigenvalue weighted by Crippen LogP contribution is -2.38. The van der Waals surface area contributed by atoms with Crippen LogP contribution < -0.4 is 10.5 Å². The zero-order valence-electron chi connectivity index (χ0n) is 12.6. The SMILES string of the molecule is CCCOc1ccccc1C(N)(CC)c1ccccc1F. The van der Waals surface area contributed by atoms with Crippen molar-refractivity contribution in [1.82, 2.24) is 0 Å². The topological polar surface area (TPSA) is 35.2 Å². The van der Waals surface area contributed by atoms with Crippen molar-refractivity contribution in [2.24, 2.45) is 5.73 Å². The molecular weight excluding hydrogens is 265 g/mol. The standard InChI is InChI=1S/C18H22FNO/c1-3-13-21-17-12-8-6-10-15(17)18(20,4-2)14-9-5-7-11-16(14)19/h5-12H,3-4,13,20H2,1-2H3. The van der Waals surface area contributed by atoms with Crippen molar-refractivity contribution in [3.05, 3.63) is 65.5 Å². The van der Waals surface area contributed by atoms with Crippen molar-refractivity contribution in [2.75, 3.05) is 6.61 Å². The van der Waals surface area contributed by atoms with Crippen molar-refractivity contribution >= 4 is 0 Å². The molecule has 2 N–H and O–H groups in total. The van der Waals surface area contributed by atoms with E-state index in [0.717, 1.165) is 17.7 Å². The molecule has 0 aliphatic carbocycles. The maximum Gasteiger partial charge on any atom is 0.128 e. The highest BCUT2D eigenvalue weighted by Gasteiger charge is 2.32. The van der Waals surface area contributed by atoms with Gasteiger partial charge in [-0.05, 0) is 25.0 Å². The minimum Gasteiger partial charge on any atom is -0.493 e. The summed E-state index contributed by atoms with van der Waals surface area (Å²) in [6.07, 6.45) is 1.50. The van der Waals surface area contributed by atoms with Gasteiger partial charge in [-0.3, -0.25) is 0 Å². The third-order valence-corrected chi connectivity index (χ3v) is 3.74. The van der Waals surface area contributed by atoms with Gasteiger partial charge in [0.1, 0.15) is 11.6 Å². The maximum absolute atomic E-state index is 14.2. The fraction of sp³-hybridized carbons (Fsp3) is 0.333. The highest BCUT2D eigenvalue weighted by Crippen LogP contribution is 2.37. The first kappa shape index (κ1) is 15.5. The van der Waals surface area contributed by atoms with Gasteiger partial charge in [-0.1, -0.05) is 50.2 Å². The number of ether oxygens (including phenoxy) is 1. The summed E-state index contributed by atoms with van der Waals surface area (Å²) in [5.74, 6) is 0.444. The average molecular weight is 287 g/mol. The van der Waals surface area contributed by atoms with Crippen molar-refractivity contribution in [1.29, 1.82) is 0 Å². The molecule has 1 atom stereocenters. The monoisotopic (exact) mass is 287 g/mol. The quantitative estimate of drug-likeness (QED) is 0.863. The lowest BCUT2D eigenvalue weighted by Gasteiger charge is -2.31. The van der Waals surface area contributed by atoms with Crippen molar-refractivity contribution in [3.8, 4) is 5.75 Å². The normalized spacial score (nSPS) is 13.7. The van der Waals surface area contributed by atoms with E-state index in [9.17, 15) is 4.39 Å². The molecule has 112 valence electrons. The predicted molar refractivity (Wildman–Crippen MR) is 83.9 cm³/mol. The van der Waals surface area contributed by atoms with E-state index in [0.29, 0.717) is 18.6 Å². The summed E-state index contributed by atoms with van der Waals surface area (Å²) < 4.78 is 20.0. The molecule has 0 bridgehead atoms. The lowest BCUT2D eigenvalue weighted by atomic mass is 9.81. The molecule has 0 aliphatic heterocycles. The van der Waals surface area contributed by atoms with Crippen LogP contribution in [0.4, 0.5) is 4.39 Å². The van der Waals surface area contributed by atoms with E-state index >= 15 is 0 Å². The molecule has 2 aromatic rings. The third kappa shape index (κ3) is 3.08. The molecule has 0 saturated carbocycles.